The maximum absolute atomic E-state index is 4.78. The van der Waals surface area contributed by atoms with E-state index in [1.807, 2.05) is 0 Å². The molecule has 2 N–H and O–H groups in total. The molecule has 1 aromatic heterocycles. The van der Waals surface area contributed by atoms with Gasteiger partial charge in [-0.1, -0.05) is 0 Å². The molecule has 0 spiro atoms. The zero-order valence-electron chi connectivity index (χ0n) is 15.4. The van der Waals surface area contributed by atoms with E-state index >= 15 is 0 Å². The van der Waals surface area contributed by atoms with E-state index in [1.165, 1.54) is 35.8 Å². The highest BCUT2D eigenvalue weighted by Crippen LogP contribution is 2.17. The molecule has 0 unspecified atom stereocenters. The van der Waals surface area contributed by atoms with Crippen LogP contribution in [0, 0.1) is 19.8 Å². The van der Waals surface area contributed by atoms with Gasteiger partial charge in [-0.05, 0) is 59.7 Å². The first kappa shape index (κ1) is 21.6. The standard InChI is InChI=1S/C17H31N5S.HI/c1-5-18-17(20-12-15-7-10-22(4)11-8-15)19-9-6-16-21-13(2)14(3)23-16;/h15H,5-12H2,1-4H3,(H2,18,19,20);1H. The van der Waals surface area contributed by atoms with Crippen molar-refractivity contribution in [3.8, 4) is 0 Å². The molecule has 0 aromatic carbocycles. The minimum absolute atomic E-state index is 0. The molecule has 1 aliphatic heterocycles. The number of hydrogen-bond donors (Lipinski definition) is 2. The van der Waals surface area contributed by atoms with Crippen molar-refractivity contribution in [3.05, 3.63) is 15.6 Å². The van der Waals surface area contributed by atoms with E-state index in [0.717, 1.165) is 43.6 Å². The molecule has 0 radical (unpaired) electrons. The zero-order chi connectivity index (χ0) is 16.7. The summed E-state index contributed by atoms with van der Waals surface area (Å²) in [7, 11) is 2.20. The van der Waals surface area contributed by atoms with Crippen molar-refractivity contribution >= 4 is 41.3 Å². The highest BCUT2D eigenvalue weighted by molar-refractivity contribution is 14.0. The monoisotopic (exact) mass is 465 g/mol. The van der Waals surface area contributed by atoms with E-state index in [2.05, 4.69) is 48.3 Å². The van der Waals surface area contributed by atoms with Gasteiger partial charge in [0.2, 0.25) is 0 Å². The summed E-state index contributed by atoms with van der Waals surface area (Å²) in [4.78, 5) is 13.1. The Morgan fingerprint density at radius 3 is 2.58 bits per heavy atom. The second-order valence-electron chi connectivity index (χ2n) is 6.39. The Labute approximate surface area is 167 Å². The summed E-state index contributed by atoms with van der Waals surface area (Å²) in [6.45, 7) is 11.4. The van der Waals surface area contributed by atoms with E-state index in [-0.39, 0.29) is 24.0 Å². The van der Waals surface area contributed by atoms with E-state index < -0.39 is 0 Å². The average molecular weight is 465 g/mol. The Hall–Kier alpha value is -0.410. The normalized spacial score (nSPS) is 16.8. The molecule has 7 heteroatoms. The van der Waals surface area contributed by atoms with Gasteiger partial charge < -0.3 is 15.5 Å². The molecule has 138 valence electrons. The number of hydrogen-bond acceptors (Lipinski definition) is 4. The van der Waals surface area contributed by atoms with Gasteiger partial charge in [-0.15, -0.1) is 35.3 Å². The molecule has 1 saturated heterocycles. The number of halogens is 1. The predicted octanol–water partition coefficient (Wildman–Crippen LogP) is 2.82. The van der Waals surface area contributed by atoms with Gasteiger partial charge >= 0.3 is 0 Å². The lowest BCUT2D eigenvalue weighted by Crippen LogP contribution is -2.39. The lowest BCUT2D eigenvalue weighted by Gasteiger charge is -2.28. The van der Waals surface area contributed by atoms with Gasteiger partial charge in [0.15, 0.2) is 5.96 Å². The molecular weight excluding hydrogens is 433 g/mol. The average Bonchev–Trinajstić information content (AvgIpc) is 2.85. The molecule has 1 fully saturated rings. The molecule has 1 aromatic rings. The van der Waals surface area contributed by atoms with E-state index in [0.29, 0.717) is 0 Å². The van der Waals surface area contributed by atoms with Gasteiger partial charge in [0.05, 0.1) is 10.7 Å². The summed E-state index contributed by atoms with van der Waals surface area (Å²) in [6, 6.07) is 0. The Balaban J connectivity index is 0.00000288. The molecular formula is C17H32IN5S. The molecule has 0 amide bonds. The SMILES string of the molecule is CCNC(=NCC1CCN(C)CC1)NCCc1nc(C)c(C)s1.I. The second-order valence-corrected chi connectivity index (χ2v) is 7.68. The first-order valence-electron chi connectivity index (χ1n) is 8.72. The minimum atomic E-state index is 0. The summed E-state index contributed by atoms with van der Waals surface area (Å²) in [5.41, 5.74) is 1.16. The maximum Gasteiger partial charge on any atom is 0.191 e. The molecule has 2 heterocycles. The molecule has 0 aliphatic carbocycles. The number of aromatic nitrogens is 1. The fraction of sp³-hybridized carbons (Fsp3) is 0.765. The van der Waals surface area contributed by atoms with Crippen molar-refractivity contribution in [2.75, 3.05) is 39.8 Å². The number of guanidine groups is 1. The Bertz CT molecular complexity index is 490. The third-order valence-corrected chi connectivity index (χ3v) is 5.53. The number of rotatable bonds is 6. The van der Waals surface area contributed by atoms with Crippen LogP contribution in [-0.4, -0.2) is 55.6 Å². The number of nitrogens with zero attached hydrogens (tertiary/aromatic N) is 3. The summed E-state index contributed by atoms with van der Waals surface area (Å²) in [6.07, 6.45) is 3.48. The topological polar surface area (TPSA) is 52.6 Å². The number of likely N-dealkylation sites (tertiary alicyclic amines) is 1. The van der Waals surface area contributed by atoms with E-state index in [4.69, 9.17) is 4.99 Å². The van der Waals surface area contributed by atoms with Crippen LogP contribution in [0.3, 0.4) is 0 Å². The largest absolute Gasteiger partial charge is 0.357 e. The quantitative estimate of drug-likeness (QED) is 0.386. The number of nitrogens with one attached hydrogen (secondary N) is 2. The fourth-order valence-electron chi connectivity index (χ4n) is 2.74. The summed E-state index contributed by atoms with van der Waals surface area (Å²) < 4.78 is 0. The van der Waals surface area contributed by atoms with E-state index in [1.54, 1.807) is 11.3 Å². The molecule has 24 heavy (non-hydrogen) atoms. The molecule has 2 rings (SSSR count). The first-order valence-corrected chi connectivity index (χ1v) is 9.53. The Kier molecular flexibility index (Phi) is 10.1. The molecule has 0 saturated carbocycles. The van der Waals surface area contributed by atoms with Crippen LogP contribution in [0.1, 0.15) is 35.3 Å². The third-order valence-electron chi connectivity index (χ3n) is 4.39. The van der Waals surface area contributed by atoms with Crippen molar-refractivity contribution in [1.82, 2.24) is 20.5 Å². The van der Waals surface area contributed by atoms with Gasteiger partial charge in [-0.3, -0.25) is 4.99 Å². The van der Waals surface area contributed by atoms with Crippen LogP contribution in [0.4, 0.5) is 0 Å². The van der Waals surface area contributed by atoms with Gasteiger partial charge in [0, 0.05) is 30.9 Å². The van der Waals surface area contributed by atoms with Crippen LogP contribution in [0.15, 0.2) is 4.99 Å². The van der Waals surface area contributed by atoms with Crippen LogP contribution in [0.5, 0.6) is 0 Å². The van der Waals surface area contributed by atoms with Gasteiger partial charge in [-0.2, -0.15) is 0 Å². The van der Waals surface area contributed by atoms with E-state index in [9.17, 15) is 0 Å². The smallest absolute Gasteiger partial charge is 0.191 e. The summed E-state index contributed by atoms with van der Waals surface area (Å²) in [5, 5.41) is 7.99. The highest BCUT2D eigenvalue weighted by Gasteiger charge is 2.16. The predicted molar refractivity (Wildman–Crippen MR) is 115 cm³/mol. The van der Waals surface area contributed by atoms with Crippen LogP contribution < -0.4 is 10.6 Å². The van der Waals surface area contributed by atoms with Crippen LogP contribution in [0.25, 0.3) is 0 Å². The molecule has 0 bridgehead atoms. The van der Waals surface area contributed by atoms with Crippen molar-refractivity contribution in [1.29, 1.82) is 0 Å². The summed E-state index contributed by atoms with van der Waals surface area (Å²) >= 11 is 1.80. The Morgan fingerprint density at radius 2 is 2.00 bits per heavy atom. The zero-order valence-corrected chi connectivity index (χ0v) is 18.5. The molecule has 5 nitrogen and oxygen atoms in total. The number of thiazole rings is 1. The van der Waals surface area contributed by atoms with Gasteiger partial charge in [0.25, 0.3) is 0 Å². The van der Waals surface area contributed by atoms with Crippen molar-refractivity contribution < 1.29 is 0 Å². The summed E-state index contributed by atoms with van der Waals surface area (Å²) in [5.74, 6) is 1.67. The molecule has 0 atom stereocenters. The third kappa shape index (κ3) is 7.23. The second kappa shape index (κ2) is 11.3. The van der Waals surface area contributed by atoms with Gasteiger partial charge in [0.1, 0.15) is 0 Å². The first-order chi connectivity index (χ1) is 11.1. The van der Waals surface area contributed by atoms with Crippen LogP contribution >= 0.6 is 35.3 Å². The van der Waals surface area contributed by atoms with Crippen molar-refractivity contribution in [2.24, 2.45) is 10.9 Å². The molecule has 1 aliphatic rings. The maximum atomic E-state index is 4.78. The minimum Gasteiger partial charge on any atom is -0.357 e. The Morgan fingerprint density at radius 1 is 1.29 bits per heavy atom. The van der Waals surface area contributed by atoms with Crippen molar-refractivity contribution in [2.45, 2.75) is 40.0 Å². The lowest BCUT2D eigenvalue weighted by molar-refractivity contribution is 0.223. The van der Waals surface area contributed by atoms with Crippen LogP contribution in [-0.2, 0) is 6.42 Å². The lowest BCUT2D eigenvalue weighted by atomic mass is 9.97. The van der Waals surface area contributed by atoms with Crippen molar-refractivity contribution in [3.63, 3.8) is 0 Å². The van der Waals surface area contributed by atoms with Crippen LogP contribution in [0.2, 0.25) is 0 Å². The number of aryl methyl sites for hydroxylation is 2. The highest BCUT2D eigenvalue weighted by atomic mass is 127. The number of piperidine rings is 1. The fourth-order valence-corrected chi connectivity index (χ4v) is 3.67. The van der Waals surface area contributed by atoms with Gasteiger partial charge in [-0.25, -0.2) is 4.98 Å². The number of aliphatic imine (C=N–C) groups is 1.